The standard InChI is InChI=1S/C22H26ClN3O6S/c1-14-4-3-9-26(12-14)33(29,30)17-7-5-16(6-8-17)25-22(28)15-10-18(23)21(19(11-15)31-2)32-13-20(24)27/h5-8,10-11,14H,3-4,9,12-13H2,1-2H3,(H2,24,27)(H,25,28)/t14-/m0/s1. The lowest BCUT2D eigenvalue weighted by molar-refractivity contribution is -0.119. The maximum Gasteiger partial charge on any atom is 0.255 e. The molecule has 2 aromatic carbocycles. The van der Waals surface area contributed by atoms with Crippen molar-refractivity contribution in [3.8, 4) is 11.5 Å². The molecule has 0 unspecified atom stereocenters. The first kappa shape index (κ1) is 24.8. The van der Waals surface area contributed by atoms with Gasteiger partial charge in [-0.15, -0.1) is 0 Å². The normalized spacial score (nSPS) is 16.8. The molecule has 11 heteroatoms. The van der Waals surface area contributed by atoms with Crippen LogP contribution in [-0.2, 0) is 14.8 Å². The van der Waals surface area contributed by atoms with E-state index in [4.69, 9.17) is 26.8 Å². The Morgan fingerprint density at radius 3 is 2.55 bits per heavy atom. The summed E-state index contributed by atoms with van der Waals surface area (Å²) in [7, 11) is -2.22. The van der Waals surface area contributed by atoms with E-state index in [0.717, 1.165) is 12.8 Å². The molecule has 178 valence electrons. The zero-order chi connectivity index (χ0) is 24.2. The third-order valence-electron chi connectivity index (χ3n) is 5.22. The van der Waals surface area contributed by atoms with Gasteiger partial charge in [-0.25, -0.2) is 8.42 Å². The van der Waals surface area contributed by atoms with Gasteiger partial charge < -0.3 is 20.5 Å². The van der Waals surface area contributed by atoms with Crippen LogP contribution in [0.2, 0.25) is 5.02 Å². The Morgan fingerprint density at radius 2 is 1.94 bits per heavy atom. The van der Waals surface area contributed by atoms with E-state index in [9.17, 15) is 18.0 Å². The summed E-state index contributed by atoms with van der Waals surface area (Å²) in [6.45, 7) is 2.65. The summed E-state index contributed by atoms with van der Waals surface area (Å²) in [5.41, 5.74) is 5.67. The SMILES string of the molecule is COc1cc(C(=O)Nc2ccc(S(=O)(=O)N3CCC[C@H](C)C3)cc2)cc(Cl)c1OCC(N)=O. The highest BCUT2D eigenvalue weighted by molar-refractivity contribution is 7.89. The fraction of sp³-hybridized carbons (Fsp3) is 0.364. The first-order valence-corrected chi connectivity index (χ1v) is 12.1. The highest BCUT2D eigenvalue weighted by atomic mass is 35.5. The topological polar surface area (TPSA) is 128 Å². The van der Waals surface area contributed by atoms with Crippen molar-refractivity contribution in [1.82, 2.24) is 4.31 Å². The molecule has 9 nitrogen and oxygen atoms in total. The number of primary amides is 1. The predicted molar refractivity (Wildman–Crippen MR) is 124 cm³/mol. The van der Waals surface area contributed by atoms with Gasteiger partial charge in [0.05, 0.1) is 17.0 Å². The minimum absolute atomic E-state index is 0.0675. The fourth-order valence-corrected chi connectivity index (χ4v) is 5.43. The lowest BCUT2D eigenvalue weighted by Crippen LogP contribution is -2.39. The van der Waals surface area contributed by atoms with E-state index in [-0.39, 0.29) is 27.0 Å². The Balaban J connectivity index is 1.74. The third-order valence-corrected chi connectivity index (χ3v) is 7.38. The summed E-state index contributed by atoms with van der Waals surface area (Å²) >= 11 is 6.19. The molecule has 1 heterocycles. The largest absolute Gasteiger partial charge is 0.493 e. The van der Waals surface area contributed by atoms with Gasteiger partial charge in [0.15, 0.2) is 18.1 Å². The van der Waals surface area contributed by atoms with Crippen LogP contribution in [0.5, 0.6) is 11.5 Å². The second-order valence-corrected chi connectivity index (χ2v) is 10.2. The second kappa shape index (κ2) is 10.4. The Labute approximate surface area is 197 Å². The predicted octanol–water partition coefficient (Wildman–Crippen LogP) is 2.89. The van der Waals surface area contributed by atoms with Gasteiger partial charge in [-0.1, -0.05) is 18.5 Å². The lowest BCUT2D eigenvalue weighted by Gasteiger charge is -2.30. The zero-order valence-electron chi connectivity index (χ0n) is 18.3. The number of nitrogens with one attached hydrogen (secondary N) is 1. The van der Waals surface area contributed by atoms with Gasteiger partial charge in [-0.3, -0.25) is 9.59 Å². The molecule has 0 saturated carbocycles. The second-order valence-electron chi connectivity index (χ2n) is 7.83. The number of rotatable bonds is 8. The van der Waals surface area contributed by atoms with Crippen molar-refractivity contribution in [2.75, 3.05) is 32.1 Å². The molecule has 0 aliphatic carbocycles. The van der Waals surface area contributed by atoms with Crippen molar-refractivity contribution < 1.29 is 27.5 Å². The van der Waals surface area contributed by atoms with Crippen LogP contribution in [0.4, 0.5) is 5.69 Å². The van der Waals surface area contributed by atoms with E-state index >= 15 is 0 Å². The molecule has 1 aliphatic heterocycles. The number of piperidine rings is 1. The first-order valence-electron chi connectivity index (χ1n) is 10.3. The quantitative estimate of drug-likeness (QED) is 0.579. The van der Waals surface area contributed by atoms with E-state index < -0.39 is 28.4 Å². The average Bonchev–Trinajstić information content (AvgIpc) is 2.78. The van der Waals surface area contributed by atoms with Gasteiger partial charge in [0.25, 0.3) is 11.8 Å². The molecule has 1 fully saturated rings. The number of nitrogens with two attached hydrogens (primary N) is 1. The van der Waals surface area contributed by atoms with Crippen molar-refractivity contribution in [2.45, 2.75) is 24.7 Å². The Bertz CT molecular complexity index is 1140. The van der Waals surface area contributed by atoms with E-state index in [1.165, 1.54) is 47.8 Å². The highest BCUT2D eigenvalue weighted by Crippen LogP contribution is 2.36. The molecule has 0 bridgehead atoms. The van der Waals surface area contributed by atoms with Crippen LogP contribution < -0.4 is 20.5 Å². The highest BCUT2D eigenvalue weighted by Gasteiger charge is 2.28. The van der Waals surface area contributed by atoms with Crippen LogP contribution in [-0.4, -0.2) is 51.3 Å². The molecule has 3 N–H and O–H groups in total. The van der Waals surface area contributed by atoms with Crippen LogP contribution in [0.15, 0.2) is 41.3 Å². The smallest absolute Gasteiger partial charge is 0.255 e. The number of nitrogens with zero attached hydrogens (tertiary/aromatic N) is 1. The molecule has 1 aliphatic rings. The summed E-state index contributed by atoms with van der Waals surface area (Å²) in [6.07, 6.45) is 1.86. The summed E-state index contributed by atoms with van der Waals surface area (Å²) in [4.78, 5) is 23.8. The summed E-state index contributed by atoms with van der Waals surface area (Å²) in [6, 6.07) is 8.78. The zero-order valence-corrected chi connectivity index (χ0v) is 19.9. The monoisotopic (exact) mass is 495 g/mol. The molecule has 0 radical (unpaired) electrons. The van der Waals surface area contributed by atoms with Gasteiger partial charge in [-0.05, 0) is 55.2 Å². The number of anilines is 1. The molecule has 2 aromatic rings. The van der Waals surface area contributed by atoms with E-state index in [2.05, 4.69) is 5.32 Å². The molecule has 1 atom stereocenters. The molecule has 3 rings (SSSR count). The van der Waals surface area contributed by atoms with Crippen LogP contribution in [0.1, 0.15) is 30.1 Å². The number of hydrogen-bond acceptors (Lipinski definition) is 6. The molecule has 33 heavy (non-hydrogen) atoms. The number of amides is 2. The number of benzene rings is 2. The van der Waals surface area contributed by atoms with Gasteiger partial charge >= 0.3 is 0 Å². The van der Waals surface area contributed by atoms with E-state index in [0.29, 0.717) is 24.7 Å². The fourth-order valence-electron chi connectivity index (χ4n) is 3.56. The van der Waals surface area contributed by atoms with Crippen LogP contribution in [0, 0.1) is 5.92 Å². The van der Waals surface area contributed by atoms with Crippen molar-refractivity contribution >= 4 is 39.1 Å². The van der Waals surface area contributed by atoms with Crippen LogP contribution >= 0.6 is 11.6 Å². The van der Waals surface area contributed by atoms with Crippen molar-refractivity contribution in [1.29, 1.82) is 0 Å². The average molecular weight is 496 g/mol. The van der Waals surface area contributed by atoms with E-state index in [1.807, 2.05) is 6.92 Å². The number of halogens is 1. The first-order chi connectivity index (χ1) is 15.6. The van der Waals surface area contributed by atoms with Crippen LogP contribution in [0.25, 0.3) is 0 Å². The number of sulfonamides is 1. The number of carbonyl (C=O) groups excluding carboxylic acids is 2. The molecular weight excluding hydrogens is 470 g/mol. The Hall–Kier alpha value is -2.82. The maximum absolute atomic E-state index is 12.9. The molecule has 1 saturated heterocycles. The third kappa shape index (κ3) is 5.95. The molecule has 2 amide bonds. The summed E-state index contributed by atoms with van der Waals surface area (Å²) in [5.74, 6) is -0.599. The summed E-state index contributed by atoms with van der Waals surface area (Å²) < 4.78 is 37.7. The minimum atomic E-state index is -3.58. The van der Waals surface area contributed by atoms with Crippen molar-refractivity contribution in [3.05, 3.63) is 47.0 Å². The lowest BCUT2D eigenvalue weighted by atomic mass is 10.0. The number of carbonyl (C=O) groups is 2. The van der Waals surface area contributed by atoms with E-state index in [1.54, 1.807) is 0 Å². The maximum atomic E-state index is 12.9. The Morgan fingerprint density at radius 1 is 1.24 bits per heavy atom. The van der Waals surface area contributed by atoms with Crippen molar-refractivity contribution in [2.24, 2.45) is 11.7 Å². The molecule has 0 spiro atoms. The number of hydrogen-bond donors (Lipinski definition) is 2. The van der Waals surface area contributed by atoms with Gasteiger partial charge in [0, 0.05) is 24.3 Å². The molecule has 0 aromatic heterocycles. The number of ether oxygens (including phenoxy) is 2. The van der Waals surface area contributed by atoms with Gasteiger partial charge in [0.2, 0.25) is 10.0 Å². The summed E-state index contributed by atoms with van der Waals surface area (Å²) in [5, 5.41) is 2.76. The van der Waals surface area contributed by atoms with Crippen LogP contribution in [0.3, 0.4) is 0 Å². The minimum Gasteiger partial charge on any atom is -0.493 e. The van der Waals surface area contributed by atoms with Gasteiger partial charge in [0.1, 0.15) is 0 Å². The van der Waals surface area contributed by atoms with Gasteiger partial charge in [-0.2, -0.15) is 4.31 Å². The van der Waals surface area contributed by atoms with Crippen molar-refractivity contribution in [3.63, 3.8) is 0 Å². The number of methoxy groups -OCH3 is 1. The molecular formula is C22H26ClN3O6S. The Kier molecular flexibility index (Phi) is 7.83.